The van der Waals surface area contributed by atoms with Crippen LogP contribution in [-0.2, 0) is 6.54 Å². The second kappa shape index (κ2) is 7.18. The highest BCUT2D eigenvalue weighted by Gasteiger charge is 2.16. The van der Waals surface area contributed by atoms with Crippen molar-refractivity contribution in [2.75, 3.05) is 5.32 Å². The van der Waals surface area contributed by atoms with E-state index in [1.807, 2.05) is 55.5 Å². The first kappa shape index (κ1) is 17.6. The predicted molar refractivity (Wildman–Crippen MR) is 122 cm³/mol. The molecule has 4 nitrogen and oxygen atoms in total. The Bertz CT molecular complexity index is 1370. The van der Waals surface area contributed by atoms with Crippen LogP contribution in [-0.4, -0.2) is 14.0 Å². The fourth-order valence-electron chi connectivity index (χ4n) is 3.73. The fraction of sp³-hybridized carbons (Fsp3) is 0.0833. The highest BCUT2D eigenvalue weighted by atomic mass is 32.1. The van der Waals surface area contributed by atoms with Crippen molar-refractivity contribution in [2.45, 2.75) is 13.5 Å². The van der Waals surface area contributed by atoms with Crippen LogP contribution in [0.3, 0.4) is 0 Å². The average molecular weight is 397 g/mol. The van der Waals surface area contributed by atoms with Crippen molar-refractivity contribution >= 4 is 40.4 Å². The third-order valence-electron chi connectivity index (χ3n) is 5.12. The van der Waals surface area contributed by atoms with E-state index in [1.165, 1.54) is 5.56 Å². The van der Waals surface area contributed by atoms with E-state index in [9.17, 15) is 0 Å². The maximum atomic E-state index is 5.91. The Hall–Kier alpha value is -3.44. The smallest absolute Gasteiger partial charge is 0.217 e. The first-order valence-electron chi connectivity index (χ1n) is 9.59. The lowest BCUT2D eigenvalue weighted by Crippen LogP contribution is -2.09. The van der Waals surface area contributed by atoms with Gasteiger partial charge in [0.15, 0.2) is 0 Å². The van der Waals surface area contributed by atoms with Crippen LogP contribution in [0.2, 0.25) is 0 Å². The summed E-state index contributed by atoms with van der Waals surface area (Å²) in [4.78, 5) is 4.91. The van der Waals surface area contributed by atoms with Crippen LogP contribution >= 0.6 is 12.2 Å². The Morgan fingerprint density at radius 2 is 1.52 bits per heavy atom. The highest BCUT2D eigenvalue weighted by Crippen LogP contribution is 2.28. The number of aromatic nitrogens is 3. The van der Waals surface area contributed by atoms with Gasteiger partial charge in [-0.3, -0.25) is 4.40 Å². The second-order valence-corrected chi connectivity index (χ2v) is 7.45. The van der Waals surface area contributed by atoms with Gasteiger partial charge in [-0.15, -0.1) is 0 Å². The maximum absolute atomic E-state index is 5.91. The number of para-hydroxylation sites is 2. The predicted octanol–water partition coefficient (Wildman–Crippen LogP) is 6.12. The van der Waals surface area contributed by atoms with Gasteiger partial charge in [0.1, 0.15) is 10.5 Å². The van der Waals surface area contributed by atoms with Gasteiger partial charge in [0.05, 0.1) is 17.8 Å². The number of nitrogens with one attached hydrogen (secondary N) is 1. The quantitative estimate of drug-likeness (QED) is 0.372. The summed E-state index contributed by atoms with van der Waals surface area (Å²) in [6, 6.07) is 28.8. The minimum Gasteiger partial charge on any atom is -0.340 e. The fourth-order valence-corrected chi connectivity index (χ4v) is 4.08. The van der Waals surface area contributed by atoms with Crippen LogP contribution in [0, 0.1) is 11.6 Å². The summed E-state index contributed by atoms with van der Waals surface area (Å²) >= 11 is 5.91. The van der Waals surface area contributed by atoms with E-state index in [0.29, 0.717) is 0 Å². The lowest BCUT2D eigenvalue weighted by Gasteiger charge is -2.15. The van der Waals surface area contributed by atoms with E-state index in [0.717, 1.165) is 45.1 Å². The summed E-state index contributed by atoms with van der Waals surface area (Å²) in [6.07, 6.45) is 0. The van der Waals surface area contributed by atoms with Crippen molar-refractivity contribution in [2.24, 2.45) is 0 Å². The van der Waals surface area contributed by atoms with Crippen LogP contribution in [0.15, 0.2) is 84.9 Å². The molecule has 2 heterocycles. The van der Waals surface area contributed by atoms with Gasteiger partial charge in [-0.1, -0.05) is 72.9 Å². The van der Waals surface area contributed by atoms with Gasteiger partial charge in [-0.2, -0.15) is 0 Å². The average Bonchev–Trinajstić information content (AvgIpc) is 3.09. The summed E-state index contributed by atoms with van der Waals surface area (Å²) in [5.41, 5.74) is 4.23. The molecule has 0 aliphatic rings. The van der Waals surface area contributed by atoms with Crippen LogP contribution in [0.4, 0.5) is 11.5 Å². The molecule has 0 unspecified atom stereocenters. The van der Waals surface area contributed by atoms with E-state index in [4.69, 9.17) is 17.2 Å². The van der Waals surface area contributed by atoms with Crippen molar-refractivity contribution in [3.05, 3.63) is 101 Å². The lowest BCUT2D eigenvalue weighted by molar-refractivity contribution is 0.820. The summed E-state index contributed by atoms with van der Waals surface area (Å²) in [7, 11) is 0. The number of hydrogen-bond acceptors (Lipinski definition) is 3. The molecule has 0 aliphatic carbocycles. The maximum Gasteiger partial charge on any atom is 0.217 e. The SMILES string of the molecule is Cc1nc2n(Cc3ccccc3)c3ccccc3c(=S)n2c1Nc1ccccc1. The Morgan fingerprint density at radius 3 is 2.28 bits per heavy atom. The van der Waals surface area contributed by atoms with Gasteiger partial charge in [0, 0.05) is 11.1 Å². The zero-order chi connectivity index (χ0) is 19.8. The second-order valence-electron chi connectivity index (χ2n) is 7.07. The molecule has 5 heteroatoms. The van der Waals surface area contributed by atoms with Gasteiger partial charge in [-0.05, 0) is 36.8 Å². The molecule has 29 heavy (non-hydrogen) atoms. The topological polar surface area (TPSA) is 34.3 Å². The van der Waals surface area contributed by atoms with E-state index >= 15 is 0 Å². The summed E-state index contributed by atoms with van der Waals surface area (Å²) in [5.74, 6) is 1.75. The van der Waals surface area contributed by atoms with E-state index in [-0.39, 0.29) is 0 Å². The number of imidazole rings is 1. The molecule has 0 saturated carbocycles. The minimum atomic E-state index is 0.724. The molecule has 0 bridgehead atoms. The number of aryl methyl sites for hydroxylation is 1. The molecule has 0 saturated heterocycles. The molecule has 2 aromatic heterocycles. The molecule has 142 valence electrons. The van der Waals surface area contributed by atoms with Gasteiger partial charge < -0.3 is 9.88 Å². The normalized spacial score (nSPS) is 11.2. The van der Waals surface area contributed by atoms with E-state index in [2.05, 4.69) is 50.7 Å². The molecule has 5 rings (SSSR count). The zero-order valence-corrected chi connectivity index (χ0v) is 16.9. The molecule has 0 amide bonds. The van der Waals surface area contributed by atoms with Gasteiger partial charge in [0.2, 0.25) is 5.78 Å². The standard InChI is InChI=1S/C24H20N4S/c1-17-22(26-19-12-6-3-7-13-19)28-23(29)20-14-8-9-15-21(20)27(24(28)25-17)16-18-10-4-2-5-11-18/h2-15,26H,16H2,1H3. The molecule has 5 aromatic rings. The number of anilines is 2. The number of fused-ring (bicyclic) bond motifs is 2. The van der Waals surface area contributed by atoms with Gasteiger partial charge in [0.25, 0.3) is 0 Å². The van der Waals surface area contributed by atoms with Crippen LogP contribution in [0.25, 0.3) is 16.7 Å². The summed E-state index contributed by atoms with van der Waals surface area (Å²) in [6.45, 7) is 2.74. The summed E-state index contributed by atoms with van der Waals surface area (Å²) in [5, 5.41) is 4.55. The minimum absolute atomic E-state index is 0.724. The van der Waals surface area contributed by atoms with Crippen molar-refractivity contribution in [1.82, 2.24) is 14.0 Å². The van der Waals surface area contributed by atoms with Crippen molar-refractivity contribution in [3.63, 3.8) is 0 Å². The van der Waals surface area contributed by atoms with E-state index in [1.54, 1.807) is 0 Å². The summed E-state index contributed by atoms with van der Waals surface area (Å²) < 4.78 is 5.06. The Morgan fingerprint density at radius 1 is 0.862 bits per heavy atom. The van der Waals surface area contributed by atoms with Crippen LogP contribution in [0.1, 0.15) is 11.3 Å². The van der Waals surface area contributed by atoms with Crippen molar-refractivity contribution in [3.8, 4) is 0 Å². The molecule has 0 spiro atoms. The monoisotopic (exact) mass is 396 g/mol. The molecule has 0 radical (unpaired) electrons. The first-order valence-corrected chi connectivity index (χ1v) is 10.00. The molecular weight excluding hydrogens is 376 g/mol. The van der Waals surface area contributed by atoms with Gasteiger partial charge in [-0.25, -0.2) is 4.98 Å². The third-order valence-corrected chi connectivity index (χ3v) is 5.53. The van der Waals surface area contributed by atoms with Crippen LogP contribution < -0.4 is 5.32 Å². The van der Waals surface area contributed by atoms with E-state index < -0.39 is 0 Å². The Labute approximate surface area is 174 Å². The Kier molecular flexibility index (Phi) is 4.37. The van der Waals surface area contributed by atoms with Crippen molar-refractivity contribution < 1.29 is 0 Å². The molecule has 0 fully saturated rings. The molecule has 3 aromatic carbocycles. The number of hydrogen-bond donors (Lipinski definition) is 1. The Balaban J connectivity index is 1.80. The number of benzene rings is 3. The number of rotatable bonds is 4. The highest BCUT2D eigenvalue weighted by molar-refractivity contribution is 7.71. The number of nitrogens with zero attached hydrogens (tertiary/aromatic N) is 3. The third kappa shape index (κ3) is 3.09. The molecule has 1 N–H and O–H groups in total. The zero-order valence-electron chi connectivity index (χ0n) is 16.0. The van der Waals surface area contributed by atoms with Gasteiger partial charge >= 0.3 is 0 Å². The molecule has 0 aliphatic heterocycles. The lowest BCUT2D eigenvalue weighted by atomic mass is 10.2. The molecular formula is C24H20N4S. The first-order chi connectivity index (χ1) is 14.2. The van der Waals surface area contributed by atoms with Crippen molar-refractivity contribution in [1.29, 1.82) is 0 Å². The van der Waals surface area contributed by atoms with Crippen LogP contribution in [0.5, 0.6) is 0 Å². The molecule has 0 atom stereocenters. The largest absolute Gasteiger partial charge is 0.340 e.